The number of rotatable bonds is 0. The minimum atomic E-state index is 0.304. The van der Waals surface area contributed by atoms with Crippen LogP contribution in [-0.2, 0) is 12.8 Å². The van der Waals surface area contributed by atoms with E-state index >= 15 is 0 Å². The summed E-state index contributed by atoms with van der Waals surface area (Å²) in [5.41, 5.74) is 13.7. The molecule has 2 heterocycles. The standard InChI is InChI=1S/C11H17N5/c12-10-7-5-8-6(2-1-3-14-8)4-9(7)15-11(13)16-10/h6,8,14H,1-5H2,(H4,12,13,15,16)/t6-,8-/m1/s1. The zero-order valence-corrected chi connectivity index (χ0v) is 9.24. The van der Waals surface area contributed by atoms with Crippen LogP contribution in [0.2, 0.25) is 0 Å². The highest BCUT2D eigenvalue weighted by Gasteiger charge is 2.32. The van der Waals surface area contributed by atoms with Crippen molar-refractivity contribution in [3.8, 4) is 0 Å². The van der Waals surface area contributed by atoms with Crippen molar-refractivity contribution in [2.75, 3.05) is 18.0 Å². The highest BCUT2D eigenvalue weighted by Crippen LogP contribution is 2.32. The van der Waals surface area contributed by atoms with E-state index in [0.717, 1.165) is 30.6 Å². The lowest BCUT2D eigenvalue weighted by molar-refractivity contribution is 0.261. The van der Waals surface area contributed by atoms with Crippen LogP contribution >= 0.6 is 0 Å². The van der Waals surface area contributed by atoms with Crippen LogP contribution in [0.15, 0.2) is 0 Å². The molecule has 5 nitrogen and oxygen atoms in total. The van der Waals surface area contributed by atoms with Gasteiger partial charge in [0.15, 0.2) is 0 Å². The van der Waals surface area contributed by atoms with Gasteiger partial charge in [0.1, 0.15) is 5.82 Å². The van der Waals surface area contributed by atoms with Crippen molar-refractivity contribution in [2.24, 2.45) is 5.92 Å². The number of anilines is 2. The number of piperidine rings is 1. The Kier molecular flexibility index (Phi) is 2.21. The summed E-state index contributed by atoms with van der Waals surface area (Å²) < 4.78 is 0. The zero-order valence-electron chi connectivity index (χ0n) is 9.24. The molecule has 1 aliphatic carbocycles. The minimum Gasteiger partial charge on any atom is -0.383 e. The van der Waals surface area contributed by atoms with Crippen molar-refractivity contribution in [1.29, 1.82) is 0 Å². The molecule has 86 valence electrons. The summed E-state index contributed by atoms with van der Waals surface area (Å²) in [4.78, 5) is 8.37. The Balaban J connectivity index is 1.98. The second-order valence-electron chi connectivity index (χ2n) is 4.76. The van der Waals surface area contributed by atoms with E-state index in [4.69, 9.17) is 11.5 Å². The van der Waals surface area contributed by atoms with Crippen LogP contribution in [0.4, 0.5) is 11.8 Å². The van der Waals surface area contributed by atoms with Crippen LogP contribution in [0, 0.1) is 5.92 Å². The van der Waals surface area contributed by atoms with Gasteiger partial charge < -0.3 is 16.8 Å². The molecule has 1 aromatic heterocycles. The average Bonchev–Trinajstić information content (AvgIpc) is 2.27. The lowest BCUT2D eigenvalue weighted by Crippen LogP contribution is -2.46. The second-order valence-corrected chi connectivity index (χ2v) is 4.76. The largest absolute Gasteiger partial charge is 0.383 e. The first-order valence-electron chi connectivity index (χ1n) is 5.88. The summed E-state index contributed by atoms with van der Waals surface area (Å²) >= 11 is 0. The maximum Gasteiger partial charge on any atom is 0.222 e. The molecule has 0 spiro atoms. The molecule has 0 aromatic carbocycles. The maximum atomic E-state index is 5.91. The predicted octanol–water partition coefficient (Wildman–Crippen LogP) is 0.108. The van der Waals surface area contributed by atoms with Crippen molar-refractivity contribution < 1.29 is 0 Å². The summed E-state index contributed by atoms with van der Waals surface area (Å²) in [5, 5.41) is 3.56. The quantitative estimate of drug-likeness (QED) is 0.576. The lowest BCUT2D eigenvalue weighted by Gasteiger charge is -2.37. The van der Waals surface area contributed by atoms with Gasteiger partial charge in [0.2, 0.25) is 5.95 Å². The monoisotopic (exact) mass is 219 g/mol. The van der Waals surface area contributed by atoms with Gasteiger partial charge in [-0.05, 0) is 38.1 Å². The maximum absolute atomic E-state index is 5.91. The van der Waals surface area contributed by atoms with E-state index in [1.165, 1.54) is 12.8 Å². The summed E-state index contributed by atoms with van der Waals surface area (Å²) in [6.07, 6.45) is 4.48. The Morgan fingerprint density at radius 1 is 1.19 bits per heavy atom. The van der Waals surface area contributed by atoms with Crippen molar-refractivity contribution >= 4 is 11.8 Å². The van der Waals surface area contributed by atoms with Gasteiger partial charge in [-0.3, -0.25) is 0 Å². The number of hydrogen-bond donors (Lipinski definition) is 3. The van der Waals surface area contributed by atoms with Crippen molar-refractivity contribution in [2.45, 2.75) is 31.7 Å². The van der Waals surface area contributed by atoms with Crippen molar-refractivity contribution in [1.82, 2.24) is 15.3 Å². The molecule has 1 aromatic rings. The average molecular weight is 219 g/mol. The van der Waals surface area contributed by atoms with E-state index in [-0.39, 0.29) is 0 Å². The first-order chi connectivity index (χ1) is 7.74. The third-order valence-corrected chi connectivity index (χ3v) is 3.75. The number of hydrogen-bond acceptors (Lipinski definition) is 5. The SMILES string of the molecule is Nc1nc(N)c2c(n1)C[C@H]1CCCN[C@@H]1C2. The second kappa shape index (κ2) is 3.59. The molecular formula is C11H17N5. The Labute approximate surface area is 94.6 Å². The number of fused-ring (bicyclic) bond motifs is 2. The Hall–Kier alpha value is -1.36. The molecule has 1 aliphatic heterocycles. The van der Waals surface area contributed by atoms with Crippen LogP contribution in [0.25, 0.3) is 0 Å². The number of aromatic nitrogens is 2. The number of nitrogens with zero attached hydrogens (tertiary/aromatic N) is 2. The van der Waals surface area contributed by atoms with Gasteiger partial charge in [-0.15, -0.1) is 0 Å². The van der Waals surface area contributed by atoms with E-state index in [1.54, 1.807) is 0 Å². The first kappa shape index (κ1) is 9.84. The molecule has 0 bridgehead atoms. The Bertz CT molecular complexity index is 417. The molecule has 3 rings (SSSR count). The minimum absolute atomic E-state index is 0.304. The normalized spacial score (nSPS) is 28.2. The molecule has 5 heteroatoms. The fraction of sp³-hybridized carbons (Fsp3) is 0.636. The fourth-order valence-corrected chi connectivity index (χ4v) is 2.93. The highest BCUT2D eigenvalue weighted by molar-refractivity contribution is 5.47. The number of nitrogen functional groups attached to an aromatic ring is 2. The number of nitrogens with two attached hydrogens (primary N) is 2. The summed E-state index contributed by atoms with van der Waals surface area (Å²) in [6.45, 7) is 1.12. The molecule has 2 aliphatic rings. The lowest BCUT2D eigenvalue weighted by atomic mass is 9.78. The van der Waals surface area contributed by atoms with E-state index in [1.807, 2.05) is 0 Å². The van der Waals surface area contributed by atoms with E-state index in [2.05, 4.69) is 15.3 Å². The van der Waals surface area contributed by atoms with Gasteiger partial charge >= 0.3 is 0 Å². The topological polar surface area (TPSA) is 89.8 Å². The molecular weight excluding hydrogens is 202 g/mol. The van der Waals surface area contributed by atoms with Gasteiger partial charge in [-0.25, -0.2) is 4.98 Å². The molecule has 0 saturated carbocycles. The smallest absolute Gasteiger partial charge is 0.222 e. The zero-order chi connectivity index (χ0) is 11.1. The van der Waals surface area contributed by atoms with Crippen LogP contribution < -0.4 is 16.8 Å². The van der Waals surface area contributed by atoms with Crippen molar-refractivity contribution in [3.63, 3.8) is 0 Å². The first-order valence-corrected chi connectivity index (χ1v) is 5.88. The van der Waals surface area contributed by atoms with E-state index in [9.17, 15) is 0 Å². The molecule has 5 N–H and O–H groups in total. The molecule has 2 atom stereocenters. The third kappa shape index (κ3) is 1.51. The van der Waals surface area contributed by atoms with Crippen molar-refractivity contribution in [3.05, 3.63) is 11.3 Å². The van der Waals surface area contributed by atoms with Crippen LogP contribution in [0.1, 0.15) is 24.1 Å². The third-order valence-electron chi connectivity index (χ3n) is 3.75. The summed E-state index contributed by atoms with van der Waals surface area (Å²) in [6, 6.07) is 0.552. The van der Waals surface area contributed by atoms with Gasteiger partial charge in [0.05, 0.1) is 5.69 Å². The molecule has 0 amide bonds. The highest BCUT2D eigenvalue weighted by atomic mass is 15.0. The molecule has 0 unspecified atom stereocenters. The Morgan fingerprint density at radius 2 is 2.06 bits per heavy atom. The molecule has 0 radical (unpaired) electrons. The van der Waals surface area contributed by atoms with Crippen LogP contribution in [0.5, 0.6) is 0 Å². The molecule has 1 saturated heterocycles. The predicted molar refractivity (Wildman–Crippen MR) is 62.8 cm³/mol. The van der Waals surface area contributed by atoms with Crippen LogP contribution in [-0.4, -0.2) is 22.6 Å². The fourth-order valence-electron chi connectivity index (χ4n) is 2.93. The molecule has 16 heavy (non-hydrogen) atoms. The summed E-state index contributed by atoms with van der Waals surface area (Å²) in [5.74, 6) is 1.56. The van der Waals surface area contributed by atoms with Gasteiger partial charge in [-0.1, -0.05) is 0 Å². The van der Waals surface area contributed by atoms with Gasteiger partial charge in [0.25, 0.3) is 0 Å². The number of nitrogens with one attached hydrogen (secondary N) is 1. The van der Waals surface area contributed by atoms with Gasteiger partial charge in [-0.2, -0.15) is 4.98 Å². The van der Waals surface area contributed by atoms with E-state index in [0.29, 0.717) is 23.7 Å². The van der Waals surface area contributed by atoms with E-state index < -0.39 is 0 Å². The Morgan fingerprint density at radius 3 is 2.94 bits per heavy atom. The molecule has 1 fully saturated rings. The van der Waals surface area contributed by atoms with Crippen LogP contribution in [0.3, 0.4) is 0 Å². The van der Waals surface area contributed by atoms with Gasteiger partial charge in [0, 0.05) is 11.6 Å². The summed E-state index contributed by atoms with van der Waals surface area (Å²) in [7, 11) is 0.